The topological polar surface area (TPSA) is 49.4 Å². The molecule has 5 heteroatoms. The fraction of sp³-hybridized carbons (Fsp3) is 1.00. The van der Waals surface area contributed by atoms with Crippen LogP contribution in [-0.2, 0) is 9.84 Å². The summed E-state index contributed by atoms with van der Waals surface area (Å²) >= 11 is 0. The third-order valence-electron chi connectivity index (χ3n) is 3.89. The first-order chi connectivity index (χ1) is 8.83. The number of hydrogen-bond acceptors (Lipinski definition) is 4. The Labute approximate surface area is 118 Å². The fourth-order valence-electron chi connectivity index (χ4n) is 2.44. The summed E-state index contributed by atoms with van der Waals surface area (Å²) in [6.45, 7) is 10.5. The molecule has 1 fully saturated rings. The van der Waals surface area contributed by atoms with Crippen LogP contribution in [0.4, 0.5) is 0 Å². The Kier molecular flexibility index (Phi) is 6.77. The largest absolute Gasteiger partial charge is 0.313 e. The maximum Gasteiger partial charge on any atom is 0.153 e. The molecule has 0 radical (unpaired) electrons. The third-order valence-corrected chi connectivity index (χ3v) is 6.08. The van der Waals surface area contributed by atoms with E-state index in [0.29, 0.717) is 24.4 Å². The van der Waals surface area contributed by atoms with Crippen LogP contribution in [0.1, 0.15) is 47.0 Å². The highest BCUT2D eigenvalue weighted by atomic mass is 32.2. The average Bonchev–Trinajstić information content (AvgIpc) is 2.34. The molecule has 0 saturated carbocycles. The van der Waals surface area contributed by atoms with Gasteiger partial charge in [0.25, 0.3) is 0 Å². The maximum atomic E-state index is 11.9. The fourth-order valence-corrected chi connectivity index (χ4v) is 3.40. The Hall–Kier alpha value is -0.130. The molecule has 0 spiro atoms. The minimum atomic E-state index is -2.91. The summed E-state index contributed by atoms with van der Waals surface area (Å²) in [6.07, 6.45) is 3.64. The number of nitrogens with one attached hydrogen (secondary N) is 1. The molecule has 4 nitrogen and oxygen atoms in total. The molecule has 0 aromatic carbocycles. The van der Waals surface area contributed by atoms with Gasteiger partial charge < -0.3 is 5.32 Å². The molecule has 19 heavy (non-hydrogen) atoms. The Bertz CT molecular complexity index is 352. The molecule has 1 N–H and O–H groups in total. The lowest BCUT2D eigenvalue weighted by Crippen LogP contribution is -2.48. The van der Waals surface area contributed by atoms with E-state index in [1.807, 2.05) is 0 Å². The molecular weight excluding hydrogens is 260 g/mol. The van der Waals surface area contributed by atoms with Gasteiger partial charge in [-0.25, -0.2) is 8.42 Å². The second-order valence-corrected chi connectivity index (χ2v) is 8.84. The van der Waals surface area contributed by atoms with Crippen LogP contribution >= 0.6 is 0 Å². The minimum Gasteiger partial charge on any atom is -0.313 e. The number of rotatable bonds is 7. The molecular formula is C14H30N2O2S. The van der Waals surface area contributed by atoms with Crippen LogP contribution in [0.2, 0.25) is 0 Å². The maximum absolute atomic E-state index is 11.9. The van der Waals surface area contributed by atoms with Crippen molar-refractivity contribution in [2.45, 2.75) is 64.3 Å². The van der Waals surface area contributed by atoms with Gasteiger partial charge in [-0.05, 0) is 33.2 Å². The van der Waals surface area contributed by atoms with Crippen molar-refractivity contribution in [3.63, 3.8) is 0 Å². The first kappa shape index (κ1) is 16.9. The highest BCUT2D eigenvalue weighted by Gasteiger charge is 2.24. The quantitative estimate of drug-likeness (QED) is 0.775. The van der Waals surface area contributed by atoms with Crippen LogP contribution in [-0.4, -0.2) is 56.0 Å². The van der Waals surface area contributed by atoms with Crippen molar-refractivity contribution < 1.29 is 8.42 Å². The smallest absolute Gasteiger partial charge is 0.153 e. The van der Waals surface area contributed by atoms with Gasteiger partial charge in [-0.2, -0.15) is 0 Å². The zero-order valence-corrected chi connectivity index (χ0v) is 13.7. The van der Waals surface area contributed by atoms with Gasteiger partial charge in [0.2, 0.25) is 0 Å². The van der Waals surface area contributed by atoms with Crippen molar-refractivity contribution in [2.24, 2.45) is 0 Å². The number of likely N-dealkylation sites (tertiary alicyclic amines) is 1. The van der Waals surface area contributed by atoms with Crippen molar-refractivity contribution in [1.82, 2.24) is 10.2 Å². The van der Waals surface area contributed by atoms with E-state index in [9.17, 15) is 8.42 Å². The summed E-state index contributed by atoms with van der Waals surface area (Å²) in [4.78, 5) is 2.36. The van der Waals surface area contributed by atoms with Gasteiger partial charge >= 0.3 is 0 Å². The molecule has 0 aromatic heterocycles. The van der Waals surface area contributed by atoms with Crippen molar-refractivity contribution in [2.75, 3.05) is 25.4 Å². The predicted octanol–water partition coefficient (Wildman–Crippen LogP) is 1.66. The molecule has 1 heterocycles. The Morgan fingerprint density at radius 3 is 2.47 bits per heavy atom. The highest BCUT2D eigenvalue weighted by Crippen LogP contribution is 2.17. The van der Waals surface area contributed by atoms with Gasteiger partial charge in [0.1, 0.15) is 0 Å². The molecule has 1 aliphatic rings. The van der Waals surface area contributed by atoms with Gasteiger partial charge in [0, 0.05) is 25.2 Å². The molecule has 0 aliphatic carbocycles. The molecule has 114 valence electrons. The minimum absolute atomic E-state index is 0.260. The lowest BCUT2D eigenvalue weighted by Gasteiger charge is -2.36. The van der Waals surface area contributed by atoms with E-state index in [4.69, 9.17) is 0 Å². The summed E-state index contributed by atoms with van der Waals surface area (Å²) < 4.78 is 23.8. The molecule has 0 bridgehead atoms. The molecule has 0 amide bonds. The standard InChI is InChI=1S/C14H30N2O2S/c1-12(2)15-11-14-7-5-6-8-16(14)9-10-19(17,18)13(3)4/h12-15H,5-11H2,1-4H3. The van der Waals surface area contributed by atoms with Crippen LogP contribution in [0.5, 0.6) is 0 Å². The Morgan fingerprint density at radius 1 is 1.21 bits per heavy atom. The van der Waals surface area contributed by atoms with Gasteiger partial charge in [-0.3, -0.25) is 4.90 Å². The normalized spacial score (nSPS) is 22.3. The molecule has 1 atom stereocenters. The number of sulfone groups is 1. The van der Waals surface area contributed by atoms with E-state index < -0.39 is 9.84 Å². The van der Waals surface area contributed by atoms with Crippen molar-refractivity contribution >= 4 is 9.84 Å². The van der Waals surface area contributed by atoms with Gasteiger partial charge in [0.05, 0.1) is 11.0 Å². The van der Waals surface area contributed by atoms with Crippen LogP contribution in [0.15, 0.2) is 0 Å². The summed E-state index contributed by atoms with van der Waals surface area (Å²) in [5.41, 5.74) is 0. The highest BCUT2D eigenvalue weighted by molar-refractivity contribution is 7.92. The molecule has 1 aliphatic heterocycles. The average molecular weight is 290 g/mol. The monoisotopic (exact) mass is 290 g/mol. The van der Waals surface area contributed by atoms with E-state index in [1.165, 1.54) is 19.3 Å². The van der Waals surface area contributed by atoms with Crippen molar-refractivity contribution in [3.8, 4) is 0 Å². The zero-order chi connectivity index (χ0) is 14.5. The molecule has 1 saturated heterocycles. The number of hydrogen-bond donors (Lipinski definition) is 1. The molecule has 0 aromatic rings. The first-order valence-electron chi connectivity index (χ1n) is 7.52. The lowest BCUT2D eigenvalue weighted by atomic mass is 10.0. The Morgan fingerprint density at radius 2 is 1.89 bits per heavy atom. The first-order valence-corrected chi connectivity index (χ1v) is 9.23. The van der Waals surface area contributed by atoms with Gasteiger partial charge in [0.15, 0.2) is 9.84 Å². The van der Waals surface area contributed by atoms with E-state index >= 15 is 0 Å². The second kappa shape index (κ2) is 7.60. The van der Waals surface area contributed by atoms with Gasteiger partial charge in [-0.15, -0.1) is 0 Å². The SMILES string of the molecule is CC(C)NCC1CCCCN1CCS(=O)(=O)C(C)C. The number of nitrogens with zero attached hydrogens (tertiary/aromatic N) is 1. The van der Waals surface area contributed by atoms with Crippen molar-refractivity contribution in [1.29, 1.82) is 0 Å². The predicted molar refractivity (Wildman–Crippen MR) is 81.3 cm³/mol. The summed E-state index contributed by atoms with van der Waals surface area (Å²) in [7, 11) is -2.91. The van der Waals surface area contributed by atoms with E-state index in [0.717, 1.165) is 13.1 Å². The van der Waals surface area contributed by atoms with Crippen LogP contribution < -0.4 is 5.32 Å². The Balaban J connectivity index is 2.48. The van der Waals surface area contributed by atoms with E-state index in [1.54, 1.807) is 13.8 Å². The van der Waals surface area contributed by atoms with E-state index in [2.05, 4.69) is 24.1 Å². The lowest BCUT2D eigenvalue weighted by molar-refractivity contribution is 0.152. The van der Waals surface area contributed by atoms with Crippen molar-refractivity contribution in [3.05, 3.63) is 0 Å². The summed E-state index contributed by atoms with van der Waals surface area (Å²) in [6, 6.07) is 0.988. The van der Waals surface area contributed by atoms with Crippen LogP contribution in [0, 0.1) is 0 Å². The molecule has 1 unspecified atom stereocenters. The third kappa shape index (κ3) is 5.79. The second-order valence-electron chi connectivity index (χ2n) is 6.16. The zero-order valence-electron chi connectivity index (χ0n) is 12.9. The van der Waals surface area contributed by atoms with Crippen LogP contribution in [0.25, 0.3) is 0 Å². The van der Waals surface area contributed by atoms with E-state index in [-0.39, 0.29) is 5.25 Å². The molecule has 1 rings (SSSR count). The van der Waals surface area contributed by atoms with Gasteiger partial charge in [-0.1, -0.05) is 20.3 Å². The van der Waals surface area contributed by atoms with Crippen LogP contribution in [0.3, 0.4) is 0 Å². The number of piperidine rings is 1. The summed E-state index contributed by atoms with van der Waals surface area (Å²) in [5.74, 6) is 0.294. The summed E-state index contributed by atoms with van der Waals surface area (Å²) in [5, 5.41) is 3.21.